The van der Waals surface area contributed by atoms with Gasteiger partial charge in [0.05, 0.1) is 25.8 Å². The fraction of sp³-hybridized carbons (Fsp3) is 0.591. The van der Waals surface area contributed by atoms with Gasteiger partial charge in [-0.1, -0.05) is 6.42 Å². The molecule has 0 radical (unpaired) electrons. The Balaban J connectivity index is 1.38. The maximum atomic E-state index is 13.1. The Labute approximate surface area is 176 Å². The van der Waals surface area contributed by atoms with Crippen LogP contribution in [0.3, 0.4) is 0 Å². The highest BCUT2D eigenvalue weighted by Crippen LogP contribution is 2.36. The molecule has 0 N–H and O–H groups in total. The van der Waals surface area contributed by atoms with Gasteiger partial charge in [0.15, 0.2) is 0 Å². The molecule has 1 aromatic rings. The van der Waals surface area contributed by atoms with Gasteiger partial charge in [-0.3, -0.25) is 14.4 Å². The highest BCUT2D eigenvalue weighted by molar-refractivity contribution is 6.01. The van der Waals surface area contributed by atoms with Crippen molar-refractivity contribution >= 4 is 23.4 Å². The Morgan fingerprint density at radius 3 is 2.10 bits per heavy atom. The van der Waals surface area contributed by atoms with Gasteiger partial charge in [-0.25, -0.2) is 0 Å². The molecule has 1 saturated carbocycles. The minimum atomic E-state index is -0.387. The average Bonchev–Trinajstić information content (AvgIpc) is 3.13. The van der Waals surface area contributed by atoms with E-state index in [9.17, 15) is 14.4 Å². The number of carbonyl (C=O) groups excluding carboxylic acids is 3. The van der Waals surface area contributed by atoms with Gasteiger partial charge in [-0.05, 0) is 25.0 Å². The van der Waals surface area contributed by atoms with Crippen LogP contribution in [0.1, 0.15) is 25.7 Å². The summed E-state index contributed by atoms with van der Waals surface area (Å²) in [4.78, 5) is 43.5. The van der Waals surface area contributed by atoms with Crippen molar-refractivity contribution in [3.05, 3.63) is 18.2 Å². The van der Waals surface area contributed by atoms with Crippen molar-refractivity contribution in [2.75, 3.05) is 51.8 Å². The molecule has 2 saturated heterocycles. The number of anilines is 1. The maximum absolute atomic E-state index is 13.1. The average molecular weight is 415 g/mol. The lowest BCUT2D eigenvalue weighted by Crippen LogP contribution is -2.53. The van der Waals surface area contributed by atoms with Crippen molar-refractivity contribution in [3.63, 3.8) is 0 Å². The smallest absolute Gasteiger partial charge is 0.228 e. The van der Waals surface area contributed by atoms with Gasteiger partial charge in [0.1, 0.15) is 11.5 Å². The first-order valence-electron chi connectivity index (χ1n) is 10.6. The van der Waals surface area contributed by atoms with E-state index in [1.807, 2.05) is 4.90 Å². The van der Waals surface area contributed by atoms with Gasteiger partial charge in [0.2, 0.25) is 17.7 Å². The Kier molecular flexibility index (Phi) is 5.83. The largest absolute Gasteiger partial charge is 0.497 e. The summed E-state index contributed by atoms with van der Waals surface area (Å²) in [5.74, 6) is 1.12. The van der Waals surface area contributed by atoms with Crippen molar-refractivity contribution in [2.24, 2.45) is 11.8 Å². The van der Waals surface area contributed by atoms with Crippen molar-refractivity contribution in [1.82, 2.24) is 9.80 Å². The molecule has 3 fully saturated rings. The molecule has 0 bridgehead atoms. The molecule has 8 heteroatoms. The maximum Gasteiger partial charge on any atom is 0.228 e. The first-order chi connectivity index (χ1) is 14.5. The van der Waals surface area contributed by atoms with Crippen LogP contribution in [0.5, 0.6) is 11.5 Å². The Hall–Kier alpha value is -2.77. The topological polar surface area (TPSA) is 79.4 Å². The number of nitrogens with zero attached hydrogens (tertiary/aromatic N) is 3. The van der Waals surface area contributed by atoms with Crippen LogP contribution in [-0.4, -0.2) is 74.5 Å². The zero-order valence-electron chi connectivity index (χ0n) is 17.6. The standard InChI is InChI=1S/C22H29N3O5/c1-29-17-6-7-19(30-2)18(13-17)25-14-16(12-20(25)26)22(28)24-10-8-23(9-11-24)21(27)15-4-3-5-15/h6-7,13,15-16H,3-5,8-12,14H2,1-2H3. The van der Waals surface area contributed by atoms with Gasteiger partial charge in [0.25, 0.3) is 0 Å². The quantitative estimate of drug-likeness (QED) is 0.729. The minimum Gasteiger partial charge on any atom is -0.497 e. The highest BCUT2D eigenvalue weighted by atomic mass is 16.5. The first kappa shape index (κ1) is 20.5. The molecule has 162 valence electrons. The third-order valence-electron chi connectivity index (χ3n) is 6.51. The summed E-state index contributed by atoms with van der Waals surface area (Å²) in [6.45, 7) is 2.54. The van der Waals surface area contributed by atoms with Crippen molar-refractivity contribution in [3.8, 4) is 11.5 Å². The zero-order valence-corrected chi connectivity index (χ0v) is 17.6. The van der Waals surface area contributed by atoms with Gasteiger partial charge >= 0.3 is 0 Å². The highest BCUT2D eigenvalue weighted by Gasteiger charge is 2.39. The number of carbonyl (C=O) groups is 3. The van der Waals surface area contributed by atoms with Crippen molar-refractivity contribution < 1.29 is 23.9 Å². The van der Waals surface area contributed by atoms with Gasteiger partial charge in [0, 0.05) is 51.1 Å². The van der Waals surface area contributed by atoms with E-state index in [4.69, 9.17) is 9.47 Å². The van der Waals surface area contributed by atoms with Crippen LogP contribution in [-0.2, 0) is 14.4 Å². The van der Waals surface area contributed by atoms with Crippen molar-refractivity contribution in [1.29, 1.82) is 0 Å². The number of hydrogen-bond acceptors (Lipinski definition) is 5. The zero-order chi connectivity index (χ0) is 21.3. The lowest BCUT2D eigenvalue weighted by molar-refractivity contribution is -0.145. The molecule has 1 unspecified atom stereocenters. The predicted molar refractivity (Wildman–Crippen MR) is 111 cm³/mol. The normalized spacial score (nSPS) is 22.1. The third-order valence-corrected chi connectivity index (χ3v) is 6.51. The minimum absolute atomic E-state index is 0.0107. The molecule has 1 aliphatic carbocycles. The molecular formula is C22H29N3O5. The molecule has 4 rings (SSSR count). The van der Waals surface area contributed by atoms with E-state index >= 15 is 0 Å². The summed E-state index contributed by atoms with van der Waals surface area (Å²) in [5.41, 5.74) is 0.619. The fourth-order valence-electron chi connectivity index (χ4n) is 4.43. The molecule has 2 aliphatic heterocycles. The van der Waals surface area contributed by atoms with Crippen LogP contribution in [0.15, 0.2) is 18.2 Å². The molecule has 1 aromatic carbocycles. The number of benzene rings is 1. The van der Waals surface area contributed by atoms with E-state index in [1.165, 1.54) is 0 Å². The van der Waals surface area contributed by atoms with Crippen LogP contribution in [0, 0.1) is 11.8 Å². The SMILES string of the molecule is COc1ccc(OC)c(N2CC(C(=O)N3CCN(C(=O)C4CCC4)CC3)CC2=O)c1. The molecule has 2 heterocycles. The van der Waals surface area contributed by atoms with E-state index < -0.39 is 0 Å². The summed E-state index contributed by atoms with van der Waals surface area (Å²) in [7, 11) is 3.12. The number of amides is 3. The second-order valence-corrected chi connectivity index (χ2v) is 8.22. The van der Waals surface area contributed by atoms with Gasteiger partial charge < -0.3 is 24.2 Å². The van der Waals surface area contributed by atoms with Gasteiger partial charge in [-0.15, -0.1) is 0 Å². The van der Waals surface area contributed by atoms with Crippen LogP contribution in [0.25, 0.3) is 0 Å². The summed E-state index contributed by atoms with van der Waals surface area (Å²) < 4.78 is 10.7. The molecule has 8 nitrogen and oxygen atoms in total. The Morgan fingerprint density at radius 2 is 1.57 bits per heavy atom. The van der Waals surface area contributed by atoms with E-state index in [0.717, 1.165) is 19.3 Å². The van der Waals surface area contributed by atoms with E-state index in [2.05, 4.69) is 0 Å². The lowest BCUT2D eigenvalue weighted by Gasteiger charge is -2.38. The number of ether oxygens (including phenoxy) is 2. The second-order valence-electron chi connectivity index (χ2n) is 8.22. The van der Waals surface area contributed by atoms with E-state index in [-0.39, 0.29) is 36.0 Å². The monoisotopic (exact) mass is 415 g/mol. The Morgan fingerprint density at radius 1 is 0.933 bits per heavy atom. The number of rotatable bonds is 5. The molecular weight excluding hydrogens is 386 g/mol. The molecule has 1 atom stereocenters. The van der Waals surface area contributed by atoms with E-state index in [1.54, 1.807) is 42.2 Å². The van der Waals surface area contributed by atoms with E-state index in [0.29, 0.717) is 49.9 Å². The summed E-state index contributed by atoms with van der Waals surface area (Å²) in [5, 5.41) is 0. The molecule has 0 aromatic heterocycles. The fourth-order valence-corrected chi connectivity index (χ4v) is 4.43. The first-order valence-corrected chi connectivity index (χ1v) is 10.6. The van der Waals surface area contributed by atoms with Crippen LogP contribution in [0.4, 0.5) is 5.69 Å². The number of hydrogen-bond donors (Lipinski definition) is 0. The molecule has 0 spiro atoms. The second kappa shape index (κ2) is 8.53. The summed E-state index contributed by atoms with van der Waals surface area (Å²) in [6, 6.07) is 5.29. The lowest BCUT2D eigenvalue weighted by atomic mass is 9.84. The molecule has 30 heavy (non-hydrogen) atoms. The number of piperazine rings is 1. The van der Waals surface area contributed by atoms with Crippen LogP contribution < -0.4 is 14.4 Å². The third kappa shape index (κ3) is 3.82. The molecule has 3 amide bonds. The van der Waals surface area contributed by atoms with Crippen LogP contribution in [0.2, 0.25) is 0 Å². The Bertz CT molecular complexity index is 830. The summed E-state index contributed by atoms with van der Waals surface area (Å²) in [6.07, 6.45) is 3.30. The van der Waals surface area contributed by atoms with Crippen LogP contribution >= 0.6 is 0 Å². The molecule has 3 aliphatic rings. The predicted octanol–water partition coefficient (Wildman–Crippen LogP) is 1.53. The van der Waals surface area contributed by atoms with Gasteiger partial charge in [-0.2, -0.15) is 0 Å². The number of methoxy groups -OCH3 is 2. The summed E-state index contributed by atoms with van der Waals surface area (Å²) >= 11 is 0. The van der Waals surface area contributed by atoms with Crippen molar-refractivity contribution in [2.45, 2.75) is 25.7 Å².